The third-order valence-corrected chi connectivity index (χ3v) is 5.14. The predicted octanol–water partition coefficient (Wildman–Crippen LogP) is 4.66. The van der Waals surface area contributed by atoms with Gasteiger partial charge in [0.2, 0.25) is 0 Å². The van der Waals surface area contributed by atoms with Crippen LogP contribution in [0.4, 0.5) is 5.69 Å². The van der Waals surface area contributed by atoms with Crippen molar-refractivity contribution in [1.29, 1.82) is 0 Å². The molecule has 7 heteroatoms. The van der Waals surface area contributed by atoms with E-state index in [1.54, 1.807) is 18.2 Å². The van der Waals surface area contributed by atoms with Gasteiger partial charge < -0.3 is 14.8 Å². The summed E-state index contributed by atoms with van der Waals surface area (Å²) in [5.41, 5.74) is 2.79. The Bertz CT molecular complexity index is 999. The number of nitrogens with one attached hydrogen (secondary N) is 1. The molecule has 2 aromatic rings. The van der Waals surface area contributed by atoms with Crippen LogP contribution >= 0.6 is 11.6 Å². The van der Waals surface area contributed by atoms with Crippen molar-refractivity contribution in [2.24, 2.45) is 0 Å². The van der Waals surface area contributed by atoms with E-state index in [1.807, 2.05) is 45.0 Å². The van der Waals surface area contributed by atoms with Crippen molar-refractivity contribution >= 4 is 34.7 Å². The van der Waals surface area contributed by atoms with Crippen molar-refractivity contribution in [2.45, 2.75) is 33.3 Å². The van der Waals surface area contributed by atoms with Gasteiger partial charge in [-0.05, 0) is 51.0 Å². The number of nitrogens with zero attached hydrogens (tertiary/aromatic N) is 1. The fourth-order valence-electron chi connectivity index (χ4n) is 3.34. The van der Waals surface area contributed by atoms with E-state index >= 15 is 0 Å². The summed E-state index contributed by atoms with van der Waals surface area (Å²) in [6.45, 7) is 6.61. The summed E-state index contributed by atoms with van der Waals surface area (Å²) in [4.78, 5) is 27.8. The zero-order valence-corrected chi connectivity index (χ0v) is 19.0. The molecule has 0 atom stereocenters. The fraction of sp³-hybridized carbons (Fsp3) is 0.333. The second-order valence-corrected chi connectivity index (χ2v) is 8.06. The Morgan fingerprint density at radius 2 is 1.77 bits per heavy atom. The van der Waals surface area contributed by atoms with Crippen molar-refractivity contribution in [3.63, 3.8) is 0 Å². The van der Waals surface area contributed by atoms with E-state index in [2.05, 4.69) is 5.32 Å². The van der Waals surface area contributed by atoms with Crippen molar-refractivity contribution in [1.82, 2.24) is 4.90 Å². The molecule has 0 aromatic heterocycles. The molecule has 2 aromatic carbocycles. The molecule has 6 nitrogen and oxygen atoms in total. The third-order valence-electron chi connectivity index (χ3n) is 4.91. The normalized spacial score (nSPS) is 14.1. The lowest BCUT2D eigenvalue weighted by molar-refractivity contribution is -0.137. The summed E-state index contributed by atoms with van der Waals surface area (Å²) in [6, 6.07) is 12.6. The number of aryl methyl sites for hydroxylation is 1. The highest BCUT2D eigenvalue weighted by molar-refractivity contribution is 6.36. The van der Waals surface area contributed by atoms with Crippen molar-refractivity contribution in [3.8, 4) is 5.75 Å². The first kappa shape index (κ1) is 22.8. The number of hydrogen-bond acceptors (Lipinski definition) is 5. The monoisotopic (exact) mass is 442 g/mol. The summed E-state index contributed by atoms with van der Waals surface area (Å²) in [7, 11) is 1.53. The van der Waals surface area contributed by atoms with E-state index in [0.29, 0.717) is 40.6 Å². The predicted molar refractivity (Wildman–Crippen MR) is 122 cm³/mol. The average molecular weight is 443 g/mol. The maximum absolute atomic E-state index is 13.3. The van der Waals surface area contributed by atoms with Crippen LogP contribution < -0.4 is 10.1 Å². The maximum atomic E-state index is 13.3. The molecule has 0 saturated carbocycles. The number of methoxy groups -OCH3 is 1. The summed E-state index contributed by atoms with van der Waals surface area (Å²) in [6.07, 6.45) is 0.656. The van der Waals surface area contributed by atoms with Crippen LogP contribution in [0.3, 0.4) is 0 Å². The van der Waals surface area contributed by atoms with E-state index < -0.39 is 0 Å². The van der Waals surface area contributed by atoms with Gasteiger partial charge in [0.15, 0.2) is 0 Å². The Balaban J connectivity index is 1.96. The van der Waals surface area contributed by atoms with Gasteiger partial charge in [-0.3, -0.25) is 14.5 Å². The molecule has 1 heterocycles. The molecule has 0 spiro atoms. The van der Waals surface area contributed by atoms with Crippen LogP contribution in [0, 0.1) is 6.92 Å². The van der Waals surface area contributed by atoms with Crippen LogP contribution in [-0.4, -0.2) is 43.1 Å². The first-order valence-electron chi connectivity index (χ1n) is 10.2. The lowest BCUT2D eigenvalue weighted by Gasteiger charge is -2.16. The summed E-state index contributed by atoms with van der Waals surface area (Å²) in [5.74, 6) is -0.196. The molecular formula is C24H27ClN2O4. The highest BCUT2D eigenvalue weighted by atomic mass is 35.5. The SMILES string of the molecule is COc1ccc(Cl)cc1NC1=C(c2ccc(C)cc2)C(=O)N(CCCOC(C)C)C1=O. The highest BCUT2D eigenvalue weighted by Crippen LogP contribution is 2.34. The second-order valence-electron chi connectivity index (χ2n) is 7.62. The summed E-state index contributed by atoms with van der Waals surface area (Å²) < 4.78 is 10.9. The molecule has 31 heavy (non-hydrogen) atoms. The second kappa shape index (κ2) is 9.98. The van der Waals surface area contributed by atoms with Crippen LogP contribution in [0.1, 0.15) is 31.4 Å². The number of amides is 2. The minimum atomic E-state index is -0.382. The van der Waals surface area contributed by atoms with E-state index in [4.69, 9.17) is 21.1 Å². The topological polar surface area (TPSA) is 67.9 Å². The van der Waals surface area contributed by atoms with Crippen molar-refractivity contribution in [3.05, 3.63) is 64.3 Å². The third kappa shape index (κ3) is 5.27. The van der Waals surface area contributed by atoms with Gasteiger partial charge in [0.25, 0.3) is 11.8 Å². The number of hydrogen-bond donors (Lipinski definition) is 1. The Morgan fingerprint density at radius 3 is 2.42 bits per heavy atom. The van der Waals surface area contributed by atoms with Gasteiger partial charge in [-0.2, -0.15) is 0 Å². The fourth-order valence-corrected chi connectivity index (χ4v) is 3.51. The van der Waals surface area contributed by atoms with Crippen LogP contribution in [0.25, 0.3) is 5.57 Å². The van der Waals surface area contributed by atoms with Gasteiger partial charge in [0.1, 0.15) is 11.4 Å². The Morgan fingerprint density at radius 1 is 1.06 bits per heavy atom. The van der Waals surface area contributed by atoms with Crippen LogP contribution in [0.2, 0.25) is 5.02 Å². The standard InChI is InChI=1S/C24H27ClN2O4/c1-15(2)31-13-5-12-27-23(28)21(17-8-6-16(3)7-9-17)22(24(27)29)26-19-14-18(25)10-11-20(19)30-4/h6-11,14-15,26H,5,12-13H2,1-4H3. The van der Waals surface area contributed by atoms with Gasteiger partial charge in [-0.25, -0.2) is 0 Å². The summed E-state index contributed by atoms with van der Waals surface area (Å²) >= 11 is 6.15. The van der Waals surface area contributed by atoms with Crippen LogP contribution in [-0.2, 0) is 14.3 Å². The molecule has 1 aliphatic heterocycles. The Kier molecular flexibility index (Phi) is 7.36. The Labute approximate surface area is 187 Å². The van der Waals surface area contributed by atoms with Crippen molar-refractivity contribution < 1.29 is 19.1 Å². The minimum absolute atomic E-state index is 0.0961. The van der Waals surface area contributed by atoms with E-state index in [0.717, 1.165) is 5.56 Å². The number of carbonyl (C=O) groups is 2. The average Bonchev–Trinajstić information content (AvgIpc) is 2.96. The Hall–Kier alpha value is -2.83. The largest absolute Gasteiger partial charge is 0.495 e. The first-order valence-corrected chi connectivity index (χ1v) is 10.6. The van der Waals surface area contributed by atoms with Gasteiger partial charge in [0.05, 0.1) is 24.5 Å². The zero-order chi connectivity index (χ0) is 22.5. The number of halogens is 1. The number of imide groups is 1. The van der Waals surface area contributed by atoms with E-state index in [-0.39, 0.29) is 30.2 Å². The van der Waals surface area contributed by atoms with Crippen molar-refractivity contribution in [2.75, 3.05) is 25.6 Å². The maximum Gasteiger partial charge on any atom is 0.278 e. The quantitative estimate of drug-likeness (QED) is 0.451. The lowest BCUT2D eigenvalue weighted by Crippen LogP contribution is -2.34. The van der Waals surface area contributed by atoms with Crippen LogP contribution in [0.5, 0.6) is 5.75 Å². The van der Waals surface area contributed by atoms with Gasteiger partial charge >= 0.3 is 0 Å². The number of ether oxygens (including phenoxy) is 2. The van der Waals surface area contributed by atoms with E-state index in [9.17, 15) is 9.59 Å². The molecule has 164 valence electrons. The number of anilines is 1. The number of rotatable bonds is 9. The molecule has 0 saturated heterocycles. The lowest BCUT2D eigenvalue weighted by atomic mass is 10.0. The van der Waals surface area contributed by atoms with E-state index in [1.165, 1.54) is 12.0 Å². The molecular weight excluding hydrogens is 416 g/mol. The molecule has 3 rings (SSSR count). The molecule has 0 bridgehead atoms. The van der Waals surface area contributed by atoms with Gasteiger partial charge in [0, 0.05) is 18.2 Å². The summed E-state index contributed by atoms with van der Waals surface area (Å²) in [5, 5.41) is 3.60. The first-order chi connectivity index (χ1) is 14.8. The number of carbonyl (C=O) groups excluding carboxylic acids is 2. The molecule has 0 fully saturated rings. The molecule has 0 unspecified atom stereocenters. The van der Waals surface area contributed by atoms with Gasteiger partial charge in [-0.1, -0.05) is 41.4 Å². The number of benzene rings is 2. The molecule has 1 aliphatic rings. The highest BCUT2D eigenvalue weighted by Gasteiger charge is 2.39. The molecule has 2 amide bonds. The van der Waals surface area contributed by atoms with Gasteiger partial charge in [-0.15, -0.1) is 0 Å². The zero-order valence-electron chi connectivity index (χ0n) is 18.2. The molecule has 0 radical (unpaired) electrons. The minimum Gasteiger partial charge on any atom is -0.495 e. The van der Waals surface area contributed by atoms with Crippen LogP contribution in [0.15, 0.2) is 48.2 Å². The molecule has 1 N–H and O–H groups in total. The molecule has 0 aliphatic carbocycles. The smallest absolute Gasteiger partial charge is 0.278 e.